The van der Waals surface area contributed by atoms with Crippen LogP contribution in [0.2, 0.25) is 0 Å². The molecule has 0 spiro atoms. The van der Waals surface area contributed by atoms with Gasteiger partial charge < -0.3 is 14.2 Å². The van der Waals surface area contributed by atoms with Gasteiger partial charge in [-0.15, -0.1) is 0 Å². The van der Waals surface area contributed by atoms with Crippen LogP contribution in [0.3, 0.4) is 0 Å². The zero-order valence-electron chi connectivity index (χ0n) is 17.9. The fourth-order valence-corrected chi connectivity index (χ4v) is 4.08. The smallest absolute Gasteiger partial charge is 0.270 e. The molecule has 0 unspecified atom stereocenters. The molecule has 30 heavy (non-hydrogen) atoms. The average molecular weight is 403 g/mol. The molecule has 4 heteroatoms. The topological polar surface area (TPSA) is 34.5 Å². The number of hydrogen-bond donors (Lipinski definition) is 0. The summed E-state index contributed by atoms with van der Waals surface area (Å²) in [6.07, 6.45) is 6.27. The number of allylic oxidation sites excluding steroid dienone is 2. The lowest BCUT2D eigenvalue weighted by Gasteiger charge is -2.30. The maximum Gasteiger partial charge on any atom is 0.270 e. The third-order valence-electron chi connectivity index (χ3n) is 5.96. The van der Waals surface area contributed by atoms with E-state index in [4.69, 9.17) is 4.74 Å². The van der Waals surface area contributed by atoms with E-state index in [1.165, 1.54) is 0 Å². The summed E-state index contributed by atoms with van der Waals surface area (Å²) in [7, 11) is 0. The van der Waals surface area contributed by atoms with Gasteiger partial charge in [0.05, 0.1) is 5.52 Å². The first kappa shape index (κ1) is 20.3. The van der Waals surface area contributed by atoms with E-state index in [9.17, 15) is 4.79 Å². The summed E-state index contributed by atoms with van der Waals surface area (Å²) >= 11 is 0. The van der Waals surface area contributed by atoms with Crippen LogP contribution < -0.4 is 4.74 Å². The van der Waals surface area contributed by atoms with Gasteiger partial charge in [-0.05, 0) is 49.4 Å². The van der Waals surface area contributed by atoms with Gasteiger partial charge in [0.1, 0.15) is 18.1 Å². The number of carbonyl (C=O) groups excluding carboxylic acids is 1. The minimum Gasteiger partial charge on any atom is -0.488 e. The van der Waals surface area contributed by atoms with E-state index in [1.807, 2.05) is 54.3 Å². The summed E-state index contributed by atoms with van der Waals surface area (Å²) in [6, 6.07) is 18.2. The van der Waals surface area contributed by atoms with Gasteiger partial charge in [0.2, 0.25) is 0 Å². The largest absolute Gasteiger partial charge is 0.488 e. The molecule has 1 fully saturated rings. The van der Waals surface area contributed by atoms with Gasteiger partial charge in [0, 0.05) is 25.0 Å². The first-order valence-corrected chi connectivity index (χ1v) is 10.9. The molecular weight excluding hydrogens is 372 g/mol. The van der Waals surface area contributed by atoms with Crippen molar-refractivity contribution in [3.8, 4) is 5.75 Å². The lowest BCUT2D eigenvalue weighted by atomic mass is 9.99. The third kappa shape index (κ3) is 4.28. The Morgan fingerprint density at radius 3 is 2.60 bits per heavy atom. The van der Waals surface area contributed by atoms with Gasteiger partial charge in [-0.25, -0.2) is 0 Å². The Morgan fingerprint density at radius 1 is 1.10 bits per heavy atom. The molecule has 0 aliphatic carbocycles. The zero-order valence-corrected chi connectivity index (χ0v) is 17.9. The van der Waals surface area contributed by atoms with Gasteiger partial charge in [0.25, 0.3) is 5.91 Å². The van der Waals surface area contributed by atoms with Crippen LogP contribution in [0.5, 0.6) is 5.75 Å². The van der Waals surface area contributed by atoms with Crippen molar-refractivity contribution in [3.63, 3.8) is 0 Å². The number of benzene rings is 2. The maximum atomic E-state index is 13.4. The summed E-state index contributed by atoms with van der Waals surface area (Å²) in [5.74, 6) is 1.63. The van der Waals surface area contributed by atoms with E-state index in [0.29, 0.717) is 19.1 Å². The minimum absolute atomic E-state index is 0.122. The molecule has 1 amide bonds. The summed E-state index contributed by atoms with van der Waals surface area (Å²) < 4.78 is 8.28. The normalized spacial score (nSPS) is 15.2. The van der Waals surface area contributed by atoms with Crippen LogP contribution >= 0.6 is 0 Å². The number of amides is 1. The number of aromatic nitrogens is 1. The molecule has 2 heterocycles. The number of fused-ring (bicyclic) bond motifs is 1. The van der Waals surface area contributed by atoms with Crippen LogP contribution in [-0.4, -0.2) is 28.5 Å². The van der Waals surface area contributed by atoms with Crippen LogP contribution in [0.4, 0.5) is 0 Å². The van der Waals surface area contributed by atoms with Gasteiger partial charge in [-0.3, -0.25) is 4.79 Å². The molecule has 0 radical (unpaired) electrons. The van der Waals surface area contributed by atoms with E-state index in [-0.39, 0.29) is 5.91 Å². The number of piperidine rings is 1. The van der Waals surface area contributed by atoms with Crippen molar-refractivity contribution in [2.45, 2.75) is 39.8 Å². The van der Waals surface area contributed by atoms with Crippen LogP contribution in [-0.2, 0) is 13.2 Å². The van der Waals surface area contributed by atoms with Crippen molar-refractivity contribution in [3.05, 3.63) is 78.0 Å². The molecule has 4 nitrogen and oxygen atoms in total. The number of hydrogen-bond acceptors (Lipinski definition) is 2. The summed E-state index contributed by atoms with van der Waals surface area (Å²) in [4.78, 5) is 15.4. The highest BCUT2D eigenvalue weighted by Crippen LogP contribution is 2.31. The Hall–Kier alpha value is -3.01. The fraction of sp³-hybridized carbons (Fsp3) is 0.346. The lowest BCUT2D eigenvalue weighted by molar-refractivity contribution is 0.0687. The van der Waals surface area contributed by atoms with Crippen molar-refractivity contribution < 1.29 is 9.53 Å². The van der Waals surface area contributed by atoms with Gasteiger partial charge >= 0.3 is 0 Å². The highest BCUT2D eigenvalue weighted by Gasteiger charge is 2.25. The molecule has 0 N–H and O–H groups in total. The number of likely N-dealkylation sites (tertiary alicyclic amines) is 1. The molecule has 0 atom stereocenters. The number of nitrogens with zero attached hydrogens (tertiary/aromatic N) is 2. The van der Waals surface area contributed by atoms with Crippen LogP contribution in [0.15, 0.2) is 66.7 Å². The molecule has 2 aromatic carbocycles. The second-order valence-electron chi connectivity index (χ2n) is 8.15. The predicted molar refractivity (Wildman–Crippen MR) is 122 cm³/mol. The zero-order chi connectivity index (χ0) is 20.9. The molecule has 156 valence electrons. The Morgan fingerprint density at radius 2 is 1.87 bits per heavy atom. The van der Waals surface area contributed by atoms with Crippen molar-refractivity contribution >= 4 is 16.8 Å². The van der Waals surface area contributed by atoms with Crippen molar-refractivity contribution in [2.75, 3.05) is 13.1 Å². The highest BCUT2D eigenvalue weighted by molar-refractivity contribution is 6.00. The highest BCUT2D eigenvalue weighted by atomic mass is 16.5. The lowest BCUT2D eigenvalue weighted by Crippen LogP contribution is -2.38. The monoisotopic (exact) mass is 402 g/mol. The van der Waals surface area contributed by atoms with Gasteiger partial charge in [-0.1, -0.05) is 55.5 Å². The summed E-state index contributed by atoms with van der Waals surface area (Å²) in [5.41, 5.74) is 2.90. The van der Waals surface area contributed by atoms with Crippen LogP contribution in [0, 0.1) is 5.92 Å². The number of rotatable bonds is 6. The van der Waals surface area contributed by atoms with Crippen molar-refractivity contribution in [1.29, 1.82) is 0 Å². The second-order valence-corrected chi connectivity index (χ2v) is 8.15. The summed E-state index contributed by atoms with van der Waals surface area (Å²) in [6.45, 7) is 7.13. The van der Waals surface area contributed by atoms with Crippen LogP contribution in [0.25, 0.3) is 10.9 Å². The number of carbonyl (C=O) groups is 1. The van der Waals surface area contributed by atoms with E-state index in [2.05, 4.69) is 35.8 Å². The van der Waals surface area contributed by atoms with Crippen molar-refractivity contribution in [2.24, 2.45) is 5.92 Å². The molecule has 1 saturated heterocycles. The molecule has 0 saturated carbocycles. The summed E-state index contributed by atoms with van der Waals surface area (Å²) in [5, 5.41) is 0.992. The SMILES string of the molecule is C/C=C\Cn1c(C(=O)N2CCC(C)CC2)cc2c(OCc3ccccc3)cccc21. The third-order valence-corrected chi connectivity index (χ3v) is 5.96. The molecular formula is C26H30N2O2. The van der Waals surface area contributed by atoms with E-state index >= 15 is 0 Å². The molecule has 4 rings (SSSR count). The molecule has 3 aromatic rings. The second kappa shape index (κ2) is 9.21. The average Bonchev–Trinajstić information content (AvgIpc) is 3.16. The van der Waals surface area contributed by atoms with E-state index < -0.39 is 0 Å². The standard InChI is InChI=1S/C26H30N2O2/c1-3-4-15-28-23-11-8-12-25(30-19-21-9-6-5-7-10-21)22(23)18-24(28)26(29)27-16-13-20(2)14-17-27/h3-12,18,20H,13-17,19H2,1-2H3/b4-3-. The predicted octanol–water partition coefficient (Wildman–Crippen LogP) is 5.67. The minimum atomic E-state index is 0.122. The Bertz CT molecular complexity index is 1030. The Labute approximate surface area is 178 Å². The fourth-order valence-electron chi connectivity index (χ4n) is 4.08. The molecule has 1 aliphatic heterocycles. The van der Waals surface area contributed by atoms with E-state index in [0.717, 1.165) is 53.8 Å². The number of ether oxygens (including phenoxy) is 1. The van der Waals surface area contributed by atoms with Gasteiger partial charge in [0.15, 0.2) is 0 Å². The first-order valence-electron chi connectivity index (χ1n) is 10.9. The first-order chi connectivity index (χ1) is 14.7. The maximum absolute atomic E-state index is 13.4. The van der Waals surface area contributed by atoms with E-state index in [1.54, 1.807) is 0 Å². The van der Waals surface area contributed by atoms with Gasteiger partial charge in [-0.2, -0.15) is 0 Å². The quantitative estimate of drug-likeness (QED) is 0.498. The van der Waals surface area contributed by atoms with Crippen LogP contribution in [0.1, 0.15) is 42.7 Å². The molecule has 1 aliphatic rings. The Kier molecular flexibility index (Phi) is 6.22. The Balaban J connectivity index is 1.67. The van der Waals surface area contributed by atoms with Crippen molar-refractivity contribution in [1.82, 2.24) is 9.47 Å². The molecule has 1 aromatic heterocycles. The molecule has 0 bridgehead atoms.